The summed E-state index contributed by atoms with van der Waals surface area (Å²) in [5.41, 5.74) is 5.92. The van der Waals surface area contributed by atoms with E-state index in [-0.39, 0.29) is 17.7 Å². The van der Waals surface area contributed by atoms with Crippen LogP contribution in [0.4, 0.5) is 5.69 Å². The molecule has 4 aromatic rings. The van der Waals surface area contributed by atoms with Crippen LogP contribution in [0.15, 0.2) is 103 Å². The summed E-state index contributed by atoms with van der Waals surface area (Å²) in [6.07, 6.45) is 1.30. The van der Waals surface area contributed by atoms with Gasteiger partial charge in [0.1, 0.15) is 0 Å². The SMILES string of the molecule is O=C(NN(Cc1ccccc1)c1ccccc1)C1CCN(C(=O)c2cccc3ccccc23)CC1. The number of carbonyl (C=O) groups excluding carboxylic acids is 2. The predicted molar refractivity (Wildman–Crippen MR) is 140 cm³/mol. The minimum Gasteiger partial charge on any atom is -0.339 e. The topological polar surface area (TPSA) is 52.7 Å². The molecule has 0 saturated carbocycles. The molecule has 1 aliphatic rings. The highest BCUT2D eigenvalue weighted by atomic mass is 16.2. The second-order valence-corrected chi connectivity index (χ2v) is 8.98. The second-order valence-electron chi connectivity index (χ2n) is 8.98. The van der Waals surface area contributed by atoms with Crippen molar-refractivity contribution in [2.75, 3.05) is 18.1 Å². The van der Waals surface area contributed by atoms with Crippen LogP contribution in [-0.4, -0.2) is 29.8 Å². The van der Waals surface area contributed by atoms with Crippen LogP contribution in [0, 0.1) is 5.92 Å². The van der Waals surface area contributed by atoms with Gasteiger partial charge in [0, 0.05) is 24.6 Å². The van der Waals surface area contributed by atoms with Crippen molar-refractivity contribution in [1.29, 1.82) is 0 Å². The quantitative estimate of drug-likeness (QED) is 0.388. The molecule has 0 atom stereocenters. The van der Waals surface area contributed by atoms with Crippen molar-refractivity contribution in [3.63, 3.8) is 0 Å². The number of nitrogens with zero attached hydrogens (tertiary/aromatic N) is 2. The molecule has 0 spiro atoms. The van der Waals surface area contributed by atoms with Gasteiger partial charge >= 0.3 is 0 Å². The number of piperidine rings is 1. The largest absolute Gasteiger partial charge is 0.339 e. The van der Waals surface area contributed by atoms with Crippen molar-refractivity contribution in [2.24, 2.45) is 5.92 Å². The van der Waals surface area contributed by atoms with E-state index in [0.717, 1.165) is 27.6 Å². The first-order chi connectivity index (χ1) is 17.2. The molecule has 0 radical (unpaired) electrons. The maximum Gasteiger partial charge on any atom is 0.254 e. The van der Waals surface area contributed by atoms with Gasteiger partial charge in [-0.2, -0.15) is 0 Å². The molecule has 35 heavy (non-hydrogen) atoms. The van der Waals surface area contributed by atoms with E-state index in [2.05, 4.69) is 17.6 Å². The molecule has 4 aromatic carbocycles. The Kier molecular flexibility index (Phi) is 6.75. The third kappa shape index (κ3) is 5.19. The summed E-state index contributed by atoms with van der Waals surface area (Å²) in [6, 6.07) is 33.8. The highest BCUT2D eigenvalue weighted by molar-refractivity contribution is 6.07. The molecule has 5 heteroatoms. The number of carbonyl (C=O) groups is 2. The molecule has 5 nitrogen and oxygen atoms in total. The van der Waals surface area contributed by atoms with E-state index in [1.54, 1.807) is 0 Å². The normalized spacial score (nSPS) is 14.0. The number of amides is 2. The number of hydrazine groups is 1. The number of rotatable bonds is 6. The van der Waals surface area contributed by atoms with E-state index < -0.39 is 0 Å². The Hall–Kier alpha value is -4.12. The Morgan fingerprint density at radius 1 is 0.771 bits per heavy atom. The number of likely N-dealkylation sites (tertiary alicyclic amines) is 1. The highest BCUT2D eigenvalue weighted by Gasteiger charge is 2.29. The smallest absolute Gasteiger partial charge is 0.254 e. The molecule has 0 aromatic heterocycles. The number of hydrogen-bond acceptors (Lipinski definition) is 3. The minimum atomic E-state index is -0.131. The van der Waals surface area contributed by atoms with E-state index in [1.165, 1.54) is 0 Å². The highest BCUT2D eigenvalue weighted by Crippen LogP contribution is 2.24. The van der Waals surface area contributed by atoms with Gasteiger partial charge in [0.05, 0.1) is 12.2 Å². The first-order valence-corrected chi connectivity index (χ1v) is 12.1. The van der Waals surface area contributed by atoms with Gasteiger partial charge in [-0.3, -0.25) is 20.0 Å². The van der Waals surface area contributed by atoms with Gasteiger partial charge in [0.15, 0.2) is 0 Å². The monoisotopic (exact) mass is 463 g/mol. The molecule has 0 aliphatic carbocycles. The summed E-state index contributed by atoms with van der Waals surface area (Å²) in [7, 11) is 0. The number of hydrogen-bond donors (Lipinski definition) is 1. The van der Waals surface area contributed by atoms with Gasteiger partial charge in [-0.25, -0.2) is 0 Å². The third-order valence-electron chi connectivity index (χ3n) is 6.67. The molecule has 1 N–H and O–H groups in total. The molecule has 1 saturated heterocycles. The Bertz CT molecular complexity index is 1290. The van der Waals surface area contributed by atoms with Gasteiger partial charge in [-0.1, -0.05) is 84.9 Å². The van der Waals surface area contributed by atoms with Crippen LogP contribution in [0.5, 0.6) is 0 Å². The summed E-state index contributed by atoms with van der Waals surface area (Å²) in [4.78, 5) is 28.4. The fourth-order valence-electron chi connectivity index (χ4n) is 4.72. The molecular formula is C30H29N3O2. The summed E-state index contributed by atoms with van der Waals surface area (Å²) in [6.45, 7) is 1.73. The average molecular weight is 464 g/mol. The van der Waals surface area contributed by atoms with E-state index >= 15 is 0 Å². The predicted octanol–water partition coefficient (Wildman–Crippen LogP) is 5.43. The third-order valence-corrected chi connectivity index (χ3v) is 6.67. The van der Waals surface area contributed by atoms with Crippen LogP contribution >= 0.6 is 0 Å². The van der Waals surface area contributed by atoms with Crippen molar-refractivity contribution in [3.05, 3.63) is 114 Å². The maximum absolute atomic E-state index is 13.3. The van der Waals surface area contributed by atoms with Gasteiger partial charge in [0.25, 0.3) is 5.91 Å². The number of nitrogens with one attached hydrogen (secondary N) is 1. The number of benzene rings is 4. The lowest BCUT2D eigenvalue weighted by Crippen LogP contribution is -2.48. The van der Waals surface area contributed by atoms with Gasteiger partial charge in [-0.05, 0) is 47.4 Å². The van der Waals surface area contributed by atoms with Gasteiger partial charge in [0.2, 0.25) is 5.91 Å². The van der Waals surface area contributed by atoms with Crippen molar-refractivity contribution in [1.82, 2.24) is 10.3 Å². The van der Waals surface area contributed by atoms with Crippen molar-refractivity contribution in [2.45, 2.75) is 19.4 Å². The number of anilines is 1. The lowest BCUT2D eigenvalue weighted by molar-refractivity contribution is -0.126. The summed E-state index contributed by atoms with van der Waals surface area (Å²) < 4.78 is 0. The molecule has 0 unspecified atom stereocenters. The Morgan fingerprint density at radius 2 is 1.40 bits per heavy atom. The second kappa shape index (κ2) is 10.4. The summed E-state index contributed by atoms with van der Waals surface area (Å²) in [5, 5.41) is 3.94. The van der Waals surface area contributed by atoms with Crippen LogP contribution in [-0.2, 0) is 11.3 Å². The first kappa shape index (κ1) is 22.7. The van der Waals surface area contributed by atoms with E-state index in [9.17, 15) is 9.59 Å². The lowest BCUT2D eigenvalue weighted by atomic mass is 9.95. The molecule has 1 fully saturated rings. The molecule has 176 valence electrons. The van der Waals surface area contributed by atoms with Crippen LogP contribution in [0.25, 0.3) is 10.8 Å². The number of para-hydroxylation sites is 1. The molecule has 1 heterocycles. The Labute approximate surface area is 206 Å². The van der Waals surface area contributed by atoms with E-state index in [0.29, 0.717) is 32.5 Å². The van der Waals surface area contributed by atoms with E-state index in [4.69, 9.17) is 0 Å². The van der Waals surface area contributed by atoms with Crippen molar-refractivity contribution in [3.8, 4) is 0 Å². The fourth-order valence-corrected chi connectivity index (χ4v) is 4.72. The Balaban J connectivity index is 1.24. The van der Waals surface area contributed by atoms with Crippen LogP contribution in [0.2, 0.25) is 0 Å². The van der Waals surface area contributed by atoms with E-state index in [1.807, 2.05) is 101 Å². The lowest BCUT2D eigenvalue weighted by Gasteiger charge is -2.33. The van der Waals surface area contributed by atoms with Crippen LogP contribution in [0.1, 0.15) is 28.8 Å². The molecular weight excluding hydrogens is 434 g/mol. The standard InChI is InChI=1S/C30H29N3O2/c34-29(31-33(26-14-5-2-6-15-26)22-23-10-3-1-4-11-23)25-18-20-32(21-19-25)30(35)28-17-9-13-24-12-7-8-16-27(24)28/h1-17,25H,18-22H2,(H,31,34). The van der Waals surface area contributed by atoms with Crippen molar-refractivity contribution < 1.29 is 9.59 Å². The summed E-state index contributed by atoms with van der Waals surface area (Å²) in [5.74, 6) is -0.0914. The molecule has 1 aliphatic heterocycles. The molecule has 5 rings (SSSR count). The van der Waals surface area contributed by atoms with Gasteiger partial charge in [-0.15, -0.1) is 0 Å². The summed E-state index contributed by atoms with van der Waals surface area (Å²) >= 11 is 0. The van der Waals surface area contributed by atoms with Crippen LogP contribution in [0.3, 0.4) is 0 Å². The fraction of sp³-hybridized carbons (Fsp3) is 0.200. The number of fused-ring (bicyclic) bond motifs is 1. The molecule has 2 amide bonds. The minimum absolute atomic E-state index is 0.00189. The average Bonchev–Trinajstić information content (AvgIpc) is 2.93. The first-order valence-electron chi connectivity index (χ1n) is 12.1. The van der Waals surface area contributed by atoms with Crippen molar-refractivity contribution >= 4 is 28.3 Å². The zero-order chi connectivity index (χ0) is 24.0. The zero-order valence-corrected chi connectivity index (χ0v) is 19.6. The molecule has 0 bridgehead atoms. The zero-order valence-electron chi connectivity index (χ0n) is 19.6. The van der Waals surface area contributed by atoms with Crippen LogP contribution < -0.4 is 10.4 Å². The maximum atomic E-state index is 13.3. The Morgan fingerprint density at radius 3 is 2.14 bits per heavy atom. The van der Waals surface area contributed by atoms with Gasteiger partial charge < -0.3 is 4.90 Å².